The third-order valence-electron chi connectivity index (χ3n) is 3.18. The highest BCUT2D eigenvalue weighted by Crippen LogP contribution is 2.09. The average Bonchev–Trinajstić information content (AvgIpc) is 2.95. The first-order valence-corrected chi connectivity index (χ1v) is 6.69. The summed E-state index contributed by atoms with van der Waals surface area (Å²) in [6.45, 7) is 0.413. The Hall–Kier alpha value is -3.09. The number of carbonyl (C=O) groups is 1. The Morgan fingerprint density at radius 3 is 2.86 bits per heavy atom. The van der Waals surface area contributed by atoms with E-state index in [1.165, 1.54) is 0 Å². The van der Waals surface area contributed by atoms with Gasteiger partial charge in [0.25, 0.3) is 0 Å². The molecule has 1 aromatic carbocycles. The molecule has 3 aromatic rings. The van der Waals surface area contributed by atoms with Gasteiger partial charge in [0.15, 0.2) is 5.82 Å². The van der Waals surface area contributed by atoms with Gasteiger partial charge < -0.3 is 5.11 Å². The van der Waals surface area contributed by atoms with Gasteiger partial charge >= 0.3 is 5.97 Å². The van der Waals surface area contributed by atoms with Crippen molar-refractivity contribution in [1.82, 2.24) is 25.2 Å². The molecular formula is C15H13N5O2. The van der Waals surface area contributed by atoms with Crippen molar-refractivity contribution in [2.24, 2.45) is 0 Å². The van der Waals surface area contributed by atoms with Crippen LogP contribution < -0.4 is 0 Å². The standard InChI is InChI=1S/C15H13N5O2/c21-15(22)12-5-3-4-11(8-12)10-20-14(17-18-19-20)9-13-6-1-2-7-16-13/h1-8H,9-10H2,(H,21,22). The third kappa shape index (κ3) is 3.14. The predicted octanol–water partition coefficient (Wildman–Crippen LogP) is 1.41. The number of hydrogen-bond donors (Lipinski definition) is 1. The minimum atomic E-state index is -0.952. The largest absolute Gasteiger partial charge is 0.478 e. The van der Waals surface area contributed by atoms with E-state index < -0.39 is 5.97 Å². The summed E-state index contributed by atoms with van der Waals surface area (Å²) in [5.41, 5.74) is 1.95. The summed E-state index contributed by atoms with van der Waals surface area (Å²) in [5, 5.41) is 20.7. The van der Waals surface area contributed by atoms with Crippen LogP contribution in [0.15, 0.2) is 48.7 Å². The number of nitrogens with zero attached hydrogens (tertiary/aromatic N) is 5. The highest BCUT2D eigenvalue weighted by molar-refractivity contribution is 5.87. The molecule has 2 aromatic heterocycles. The van der Waals surface area contributed by atoms with Crippen LogP contribution in [0.3, 0.4) is 0 Å². The van der Waals surface area contributed by atoms with Crippen LogP contribution in [0.25, 0.3) is 0 Å². The van der Waals surface area contributed by atoms with Gasteiger partial charge in [0.1, 0.15) is 0 Å². The third-order valence-corrected chi connectivity index (χ3v) is 3.18. The average molecular weight is 295 g/mol. The van der Waals surface area contributed by atoms with E-state index >= 15 is 0 Å². The van der Waals surface area contributed by atoms with Crippen molar-refractivity contribution >= 4 is 5.97 Å². The Morgan fingerprint density at radius 1 is 1.18 bits per heavy atom. The molecule has 0 saturated carbocycles. The van der Waals surface area contributed by atoms with Crippen molar-refractivity contribution in [3.8, 4) is 0 Å². The van der Waals surface area contributed by atoms with Crippen LogP contribution in [-0.4, -0.2) is 36.3 Å². The minimum Gasteiger partial charge on any atom is -0.478 e. The maximum Gasteiger partial charge on any atom is 0.335 e. The van der Waals surface area contributed by atoms with E-state index in [9.17, 15) is 4.79 Å². The topological polar surface area (TPSA) is 93.8 Å². The molecule has 0 fully saturated rings. The molecule has 0 spiro atoms. The molecule has 0 aliphatic heterocycles. The maximum atomic E-state index is 11.0. The van der Waals surface area contributed by atoms with Crippen molar-refractivity contribution in [1.29, 1.82) is 0 Å². The first-order chi connectivity index (χ1) is 10.7. The van der Waals surface area contributed by atoms with Gasteiger partial charge in [0.2, 0.25) is 0 Å². The van der Waals surface area contributed by atoms with Gasteiger partial charge in [-0.15, -0.1) is 5.10 Å². The molecular weight excluding hydrogens is 282 g/mol. The van der Waals surface area contributed by atoms with Crippen molar-refractivity contribution in [3.05, 3.63) is 71.3 Å². The second-order valence-electron chi connectivity index (χ2n) is 4.76. The lowest BCUT2D eigenvalue weighted by atomic mass is 10.1. The predicted molar refractivity (Wildman–Crippen MR) is 77.4 cm³/mol. The molecule has 2 heterocycles. The van der Waals surface area contributed by atoms with E-state index in [1.54, 1.807) is 29.1 Å². The van der Waals surface area contributed by atoms with E-state index in [4.69, 9.17) is 5.11 Å². The van der Waals surface area contributed by atoms with E-state index in [0.29, 0.717) is 18.8 Å². The SMILES string of the molecule is O=C(O)c1cccc(Cn2nnnc2Cc2ccccn2)c1. The maximum absolute atomic E-state index is 11.0. The summed E-state index contributed by atoms with van der Waals surface area (Å²) in [7, 11) is 0. The fourth-order valence-corrected chi connectivity index (χ4v) is 2.11. The molecule has 0 unspecified atom stereocenters. The van der Waals surface area contributed by atoms with Crippen molar-refractivity contribution in [3.63, 3.8) is 0 Å². The van der Waals surface area contributed by atoms with Crippen molar-refractivity contribution in [2.45, 2.75) is 13.0 Å². The zero-order valence-corrected chi connectivity index (χ0v) is 11.6. The summed E-state index contributed by atoms with van der Waals surface area (Å²) >= 11 is 0. The number of carboxylic acids is 1. The molecule has 1 N–H and O–H groups in total. The Bertz CT molecular complexity index is 785. The van der Waals surface area contributed by atoms with Gasteiger partial charge in [-0.05, 0) is 40.3 Å². The zero-order chi connectivity index (χ0) is 15.4. The molecule has 0 aliphatic carbocycles. The van der Waals surface area contributed by atoms with Gasteiger partial charge in [0.05, 0.1) is 18.5 Å². The van der Waals surface area contributed by atoms with Gasteiger partial charge in [-0.25, -0.2) is 9.48 Å². The molecule has 0 radical (unpaired) electrons. The first kappa shape index (κ1) is 13.9. The Labute approximate surface area is 126 Å². The van der Waals surface area contributed by atoms with Crippen LogP contribution >= 0.6 is 0 Å². The Balaban J connectivity index is 1.80. The monoisotopic (exact) mass is 295 g/mol. The van der Waals surface area contributed by atoms with Gasteiger partial charge in [-0.3, -0.25) is 4.98 Å². The van der Waals surface area contributed by atoms with E-state index in [-0.39, 0.29) is 5.56 Å². The molecule has 7 nitrogen and oxygen atoms in total. The molecule has 110 valence electrons. The Kier molecular flexibility index (Phi) is 3.86. The molecule has 0 saturated heterocycles. The molecule has 3 rings (SSSR count). The van der Waals surface area contributed by atoms with Crippen LogP contribution in [-0.2, 0) is 13.0 Å². The number of hydrogen-bond acceptors (Lipinski definition) is 5. The van der Waals surface area contributed by atoms with Crippen LogP contribution in [0.5, 0.6) is 0 Å². The van der Waals surface area contributed by atoms with E-state index in [1.807, 2.05) is 24.3 Å². The number of aromatic nitrogens is 5. The van der Waals surface area contributed by atoms with E-state index in [0.717, 1.165) is 11.3 Å². The highest BCUT2D eigenvalue weighted by atomic mass is 16.4. The van der Waals surface area contributed by atoms with Crippen molar-refractivity contribution in [2.75, 3.05) is 0 Å². The smallest absolute Gasteiger partial charge is 0.335 e. The zero-order valence-electron chi connectivity index (χ0n) is 11.6. The highest BCUT2D eigenvalue weighted by Gasteiger charge is 2.10. The fraction of sp³-hybridized carbons (Fsp3) is 0.133. The molecule has 22 heavy (non-hydrogen) atoms. The normalized spacial score (nSPS) is 10.5. The summed E-state index contributed by atoms with van der Waals surface area (Å²) < 4.78 is 1.65. The lowest BCUT2D eigenvalue weighted by Crippen LogP contribution is -2.09. The minimum absolute atomic E-state index is 0.247. The van der Waals surface area contributed by atoms with Gasteiger partial charge in [-0.2, -0.15) is 0 Å². The lowest BCUT2D eigenvalue weighted by Gasteiger charge is -2.05. The number of rotatable bonds is 5. The number of aromatic carboxylic acids is 1. The number of pyridine rings is 1. The van der Waals surface area contributed by atoms with Crippen LogP contribution in [0.1, 0.15) is 27.4 Å². The van der Waals surface area contributed by atoms with E-state index in [2.05, 4.69) is 20.5 Å². The Morgan fingerprint density at radius 2 is 2.09 bits per heavy atom. The molecule has 0 atom stereocenters. The van der Waals surface area contributed by atoms with Crippen molar-refractivity contribution < 1.29 is 9.90 Å². The number of benzene rings is 1. The molecule has 0 amide bonds. The van der Waals surface area contributed by atoms with Gasteiger partial charge in [-0.1, -0.05) is 18.2 Å². The fourth-order valence-electron chi connectivity index (χ4n) is 2.11. The lowest BCUT2D eigenvalue weighted by molar-refractivity contribution is 0.0696. The molecule has 0 bridgehead atoms. The second kappa shape index (κ2) is 6.13. The second-order valence-corrected chi connectivity index (χ2v) is 4.76. The first-order valence-electron chi connectivity index (χ1n) is 6.69. The molecule has 7 heteroatoms. The summed E-state index contributed by atoms with van der Waals surface area (Å²) in [6.07, 6.45) is 2.24. The number of carboxylic acid groups (broad SMARTS) is 1. The molecule has 0 aliphatic rings. The summed E-state index contributed by atoms with van der Waals surface area (Å²) in [5.74, 6) is -0.272. The number of tetrazole rings is 1. The summed E-state index contributed by atoms with van der Waals surface area (Å²) in [4.78, 5) is 15.3. The van der Waals surface area contributed by atoms with Crippen LogP contribution in [0.2, 0.25) is 0 Å². The van der Waals surface area contributed by atoms with Crippen LogP contribution in [0.4, 0.5) is 0 Å². The van der Waals surface area contributed by atoms with Gasteiger partial charge in [0, 0.05) is 11.9 Å². The quantitative estimate of drug-likeness (QED) is 0.764. The summed E-state index contributed by atoms with van der Waals surface area (Å²) in [6, 6.07) is 12.4. The van der Waals surface area contributed by atoms with Crippen LogP contribution in [0, 0.1) is 0 Å².